The fourth-order valence-electron chi connectivity index (χ4n) is 8.58. The molecule has 2 unspecified atom stereocenters. The Morgan fingerprint density at radius 1 is 0.443 bits per heavy atom. The number of allylic oxidation sites excluding steroid dienone is 1. The number of ether oxygens (including phenoxy) is 1. The van der Waals surface area contributed by atoms with Gasteiger partial charge in [-0.1, -0.05) is 270 Å². The largest absolute Gasteiger partial charge is 0.466 e. The smallest absolute Gasteiger partial charge is 0.305 e. The summed E-state index contributed by atoms with van der Waals surface area (Å²) < 4.78 is 5.46. The number of rotatable bonds is 51. The van der Waals surface area contributed by atoms with E-state index in [1.54, 1.807) is 6.08 Å². The highest BCUT2D eigenvalue weighted by atomic mass is 16.5. The molecule has 0 aliphatic rings. The molecule has 0 heterocycles. The van der Waals surface area contributed by atoms with E-state index in [9.17, 15) is 19.8 Å². The first-order valence-electron chi connectivity index (χ1n) is 27.5. The van der Waals surface area contributed by atoms with Crippen LogP contribution in [-0.4, -0.2) is 47.4 Å². The first kappa shape index (κ1) is 59.6. The van der Waals surface area contributed by atoms with E-state index in [4.69, 9.17) is 4.74 Å². The van der Waals surface area contributed by atoms with Crippen LogP contribution in [0.3, 0.4) is 0 Å². The lowest BCUT2D eigenvalue weighted by Gasteiger charge is -2.20. The third-order valence-corrected chi connectivity index (χ3v) is 12.8. The number of aliphatic hydroxyl groups is 2. The molecule has 0 bridgehead atoms. The molecule has 0 rings (SSSR count). The van der Waals surface area contributed by atoms with Crippen LogP contribution < -0.4 is 5.32 Å². The maximum Gasteiger partial charge on any atom is 0.305 e. The molecule has 0 aliphatic heterocycles. The molecule has 0 aromatic carbocycles. The Bertz CT molecular complexity index is 909. The monoisotopic (exact) mass is 862 g/mol. The van der Waals surface area contributed by atoms with Crippen molar-refractivity contribution in [1.82, 2.24) is 5.32 Å². The summed E-state index contributed by atoms with van der Waals surface area (Å²) in [5.74, 6) is -0.0830. The van der Waals surface area contributed by atoms with Crippen LogP contribution in [0.15, 0.2) is 12.2 Å². The van der Waals surface area contributed by atoms with Gasteiger partial charge in [-0.05, 0) is 32.1 Å². The average Bonchev–Trinajstić information content (AvgIpc) is 3.26. The first-order valence-corrected chi connectivity index (χ1v) is 27.5. The molecule has 0 fully saturated rings. The molecule has 0 spiro atoms. The van der Waals surface area contributed by atoms with Gasteiger partial charge in [-0.3, -0.25) is 9.59 Å². The van der Waals surface area contributed by atoms with Gasteiger partial charge in [0.2, 0.25) is 5.91 Å². The molecule has 6 nitrogen and oxygen atoms in total. The second kappa shape index (κ2) is 51.2. The Labute approximate surface area is 380 Å². The van der Waals surface area contributed by atoms with Crippen LogP contribution in [0, 0.1) is 0 Å². The molecule has 2 atom stereocenters. The van der Waals surface area contributed by atoms with E-state index >= 15 is 0 Å². The molecular formula is C55H107NO5. The number of amides is 1. The van der Waals surface area contributed by atoms with Gasteiger partial charge in [-0.2, -0.15) is 0 Å². The molecule has 0 radical (unpaired) electrons. The number of carbonyl (C=O) groups excluding carboxylic acids is 2. The van der Waals surface area contributed by atoms with Crippen molar-refractivity contribution in [3.63, 3.8) is 0 Å². The number of esters is 1. The maximum atomic E-state index is 12.5. The van der Waals surface area contributed by atoms with Crippen molar-refractivity contribution in [3.8, 4) is 0 Å². The van der Waals surface area contributed by atoms with Crippen molar-refractivity contribution in [2.45, 2.75) is 315 Å². The van der Waals surface area contributed by atoms with Gasteiger partial charge in [0.05, 0.1) is 25.4 Å². The van der Waals surface area contributed by atoms with Crippen molar-refractivity contribution in [1.29, 1.82) is 0 Å². The van der Waals surface area contributed by atoms with Gasteiger partial charge in [0.25, 0.3) is 0 Å². The third kappa shape index (κ3) is 47.9. The Morgan fingerprint density at radius 2 is 0.754 bits per heavy atom. The summed E-state index contributed by atoms with van der Waals surface area (Å²) in [6, 6.07) is -0.636. The van der Waals surface area contributed by atoms with E-state index in [0.29, 0.717) is 19.4 Å². The summed E-state index contributed by atoms with van der Waals surface area (Å²) >= 11 is 0. The summed E-state index contributed by atoms with van der Waals surface area (Å²) in [7, 11) is 0. The highest BCUT2D eigenvalue weighted by Gasteiger charge is 2.18. The minimum absolute atomic E-state index is 0.00482. The molecule has 61 heavy (non-hydrogen) atoms. The minimum atomic E-state index is -0.852. The van der Waals surface area contributed by atoms with Gasteiger partial charge in [0.1, 0.15) is 0 Å². The van der Waals surface area contributed by atoms with Crippen LogP contribution in [0.1, 0.15) is 303 Å². The second-order valence-electron chi connectivity index (χ2n) is 18.9. The second-order valence-corrected chi connectivity index (χ2v) is 18.9. The zero-order chi connectivity index (χ0) is 44.4. The number of nitrogens with one attached hydrogen (secondary N) is 1. The van der Waals surface area contributed by atoms with Gasteiger partial charge < -0.3 is 20.3 Å². The van der Waals surface area contributed by atoms with Crippen LogP contribution in [0.25, 0.3) is 0 Å². The predicted octanol–water partition coefficient (Wildman–Crippen LogP) is 16.5. The summed E-state index contributed by atoms with van der Waals surface area (Å²) in [5.41, 5.74) is 0. The van der Waals surface area contributed by atoms with Crippen molar-refractivity contribution >= 4 is 11.9 Å². The van der Waals surface area contributed by atoms with Crippen LogP contribution >= 0.6 is 0 Å². The van der Waals surface area contributed by atoms with Crippen LogP contribution in [-0.2, 0) is 14.3 Å². The van der Waals surface area contributed by atoms with E-state index in [0.717, 1.165) is 57.8 Å². The predicted molar refractivity (Wildman–Crippen MR) is 264 cm³/mol. The lowest BCUT2D eigenvalue weighted by molar-refractivity contribution is -0.143. The molecule has 0 aromatic heterocycles. The van der Waals surface area contributed by atoms with Crippen molar-refractivity contribution < 1.29 is 24.5 Å². The normalized spacial score (nSPS) is 12.7. The molecule has 0 aliphatic carbocycles. The van der Waals surface area contributed by atoms with Crippen LogP contribution in [0.2, 0.25) is 0 Å². The quantitative estimate of drug-likeness (QED) is 0.0322. The fourth-order valence-corrected chi connectivity index (χ4v) is 8.58. The molecule has 1 amide bonds. The summed E-state index contributed by atoms with van der Waals surface area (Å²) in [6.45, 7) is 4.89. The lowest BCUT2D eigenvalue weighted by atomic mass is 10.0. The SMILES string of the molecule is CCCCCCCCCCCCCCCCCC/C=C/C(O)C(CO)NC(=O)CCCCCCCCCCCCCCCOC(=O)CCCCCCCCCCCCCCC. The molecule has 0 aromatic rings. The number of carbonyl (C=O) groups is 2. The zero-order valence-corrected chi connectivity index (χ0v) is 41.2. The standard InChI is InChI=1S/C55H107NO5/c1-3-5-7-9-11-13-15-17-18-19-20-21-24-27-31-35-39-43-47-53(58)52(51-57)56-54(59)48-44-40-36-32-28-25-22-26-30-34-38-42-46-50-61-55(60)49-45-41-37-33-29-23-16-14-12-10-8-6-4-2/h43,47,52-53,57-58H,3-42,44-46,48-51H2,1-2H3,(H,56,59)/b47-43+. The topological polar surface area (TPSA) is 95.9 Å². The molecule has 0 saturated heterocycles. The van der Waals surface area contributed by atoms with Gasteiger partial charge in [0, 0.05) is 12.8 Å². The fraction of sp³-hybridized carbons (Fsp3) is 0.927. The average molecular weight is 862 g/mol. The minimum Gasteiger partial charge on any atom is -0.466 e. The van der Waals surface area contributed by atoms with Gasteiger partial charge >= 0.3 is 5.97 Å². The Hall–Kier alpha value is -1.40. The number of unbranched alkanes of at least 4 members (excludes halogenated alkanes) is 40. The Morgan fingerprint density at radius 3 is 1.11 bits per heavy atom. The number of hydrogen-bond donors (Lipinski definition) is 3. The van der Waals surface area contributed by atoms with Gasteiger partial charge in [0.15, 0.2) is 0 Å². The Kier molecular flexibility index (Phi) is 50.1. The van der Waals surface area contributed by atoms with Gasteiger partial charge in [-0.15, -0.1) is 0 Å². The Balaban J connectivity index is 3.48. The zero-order valence-electron chi connectivity index (χ0n) is 41.2. The molecule has 362 valence electrons. The number of hydrogen-bond acceptors (Lipinski definition) is 5. The molecular weight excluding hydrogens is 755 g/mol. The first-order chi connectivity index (χ1) is 30.0. The van der Waals surface area contributed by atoms with E-state index < -0.39 is 12.1 Å². The summed E-state index contributed by atoms with van der Waals surface area (Å²) in [4.78, 5) is 24.5. The third-order valence-electron chi connectivity index (χ3n) is 12.8. The van der Waals surface area contributed by atoms with Gasteiger partial charge in [-0.25, -0.2) is 0 Å². The van der Waals surface area contributed by atoms with E-state index in [1.165, 1.54) is 218 Å². The molecule has 3 N–H and O–H groups in total. The van der Waals surface area contributed by atoms with E-state index in [2.05, 4.69) is 19.2 Å². The van der Waals surface area contributed by atoms with E-state index in [1.807, 2.05) is 6.08 Å². The van der Waals surface area contributed by atoms with Crippen LogP contribution in [0.5, 0.6) is 0 Å². The summed E-state index contributed by atoms with van der Waals surface area (Å²) in [6.07, 6.45) is 59.3. The number of aliphatic hydroxyl groups excluding tert-OH is 2. The molecule has 6 heteroatoms. The van der Waals surface area contributed by atoms with E-state index in [-0.39, 0.29) is 18.5 Å². The van der Waals surface area contributed by atoms with Crippen molar-refractivity contribution in [3.05, 3.63) is 12.2 Å². The molecule has 0 saturated carbocycles. The highest BCUT2D eigenvalue weighted by Crippen LogP contribution is 2.17. The van der Waals surface area contributed by atoms with Crippen LogP contribution in [0.4, 0.5) is 0 Å². The highest BCUT2D eigenvalue weighted by molar-refractivity contribution is 5.76. The van der Waals surface area contributed by atoms with Crippen molar-refractivity contribution in [2.75, 3.05) is 13.2 Å². The summed E-state index contributed by atoms with van der Waals surface area (Å²) in [5, 5.41) is 23.1. The maximum absolute atomic E-state index is 12.5. The van der Waals surface area contributed by atoms with Crippen molar-refractivity contribution in [2.24, 2.45) is 0 Å². The lowest BCUT2D eigenvalue weighted by Crippen LogP contribution is -2.45.